The molecule has 0 atom stereocenters. The maximum Gasteiger partial charge on any atom is 0.0438 e. The van der Waals surface area contributed by atoms with E-state index in [1.807, 2.05) is 12.1 Å². The molecule has 0 aliphatic carbocycles. The Hall–Kier alpha value is -0.0100. The van der Waals surface area contributed by atoms with Crippen LogP contribution in [0, 0.1) is 6.92 Å². The first-order chi connectivity index (χ1) is 5.74. The molecule has 0 aliphatic rings. The highest BCUT2D eigenvalue weighted by Gasteiger charge is 1.99. The summed E-state index contributed by atoms with van der Waals surface area (Å²) in [4.78, 5) is 0. The van der Waals surface area contributed by atoms with Crippen LogP contribution in [0.5, 0.6) is 0 Å². The van der Waals surface area contributed by atoms with E-state index in [-0.39, 0.29) is 0 Å². The number of aryl methyl sites for hydroxylation is 2. The minimum atomic E-state index is 0.890. The second kappa shape index (κ2) is 4.88. The standard InChI is InChI=1S/C10H12BrCl/c1-8-4-5-10(12)9(7-8)3-2-6-11/h4-5,7H,2-3,6H2,1H3. The van der Waals surface area contributed by atoms with Crippen LogP contribution in [0.1, 0.15) is 17.5 Å². The molecule has 0 aromatic heterocycles. The molecule has 0 saturated heterocycles. The third-order valence-corrected chi connectivity index (χ3v) is 2.71. The molecule has 0 unspecified atom stereocenters. The summed E-state index contributed by atoms with van der Waals surface area (Å²) in [5, 5.41) is 1.93. The molecule has 66 valence electrons. The van der Waals surface area contributed by atoms with Crippen molar-refractivity contribution in [1.82, 2.24) is 0 Å². The number of hydrogen-bond donors (Lipinski definition) is 0. The molecule has 0 spiro atoms. The van der Waals surface area contributed by atoms with Gasteiger partial charge in [0, 0.05) is 10.4 Å². The fourth-order valence-corrected chi connectivity index (χ4v) is 1.64. The van der Waals surface area contributed by atoms with Gasteiger partial charge in [-0.1, -0.05) is 45.2 Å². The lowest BCUT2D eigenvalue weighted by molar-refractivity contribution is 0.938. The van der Waals surface area contributed by atoms with Crippen LogP contribution in [-0.4, -0.2) is 5.33 Å². The quantitative estimate of drug-likeness (QED) is 0.709. The Morgan fingerprint density at radius 1 is 1.42 bits per heavy atom. The van der Waals surface area contributed by atoms with E-state index in [1.54, 1.807) is 0 Å². The first kappa shape index (κ1) is 10.1. The Balaban J connectivity index is 2.75. The van der Waals surface area contributed by atoms with Gasteiger partial charge in [0.25, 0.3) is 0 Å². The number of halogens is 2. The van der Waals surface area contributed by atoms with Crippen molar-refractivity contribution in [1.29, 1.82) is 0 Å². The molecule has 0 radical (unpaired) electrons. The van der Waals surface area contributed by atoms with Gasteiger partial charge < -0.3 is 0 Å². The molecule has 0 heterocycles. The van der Waals surface area contributed by atoms with Gasteiger partial charge in [-0.3, -0.25) is 0 Å². The Morgan fingerprint density at radius 3 is 2.83 bits per heavy atom. The van der Waals surface area contributed by atoms with Crippen LogP contribution in [0.3, 0.4) is 0 Å². The zero-order chi connectivity index (χ0) is 8.97. The van der Waals surface area contributed by atoms with Crippen molar-refractivity contribution in [2.45, 2.75) is 19.8 Å². The fraction of sp³-hybridized carbons (Fsp3) is 0.400. The second-order valence-electron chi connectivity index (χ2n) is 2.89. The van der Waals surface area contributed by atoms with E-state index in [4.69, 9.17) is 11.6 Å². The molecule has 1 aromatic rings. The van der Waals surface area contributed by atoms with Crippen molar-refractivity contribution < 1.29 is 0 Å². The highest BCUT2D eigenvalue weighted by molar-refractivity contribution is 9.09. The van der Waals surface area contributed by atoms with Gasteiger partial charge in [-0.2, -0.15) is 0 Å². The largest absolute Gasteiger partial charge is 0.0928 e. The summed E-state index contributed by atoms with van der Waals surface area (Å²) in [6.07, 6.45) is 2.20. The monoisotopic (exact) mass is 246 g/mol. The second-order valence-corrected chi connectivity index (χ2v) is 4.09. The van der Waals surface area contributed by atoms with Crippen molar-refractivity contribution in [3.63, 3.8) is 0 Å². The molecule has 0 saturated carbocycles. The van der Waals surface area contributed by atoms with Crippen molar-refractivity contribution in [2.75, 3.05) is 5.33 Å². The fourth-order valence-electron chi connectivity index (χ4n) is 1.15. The highest BCUT2D eigenvalue weighted by atomic mass is 79.9. The molecular formula is C10H12BrCl. The van der Waals surface area contributed by atoms with Crippen LogP contribution in [0.25, 0.3) is 0 Å². The van der Waals surface area contributed by atoms with Crippen molar-refractivity contribution in [3.8, 4) is 0 Å². The molecule has 12 heavy (non-hydrogen) atoms. The Kier molecular flexibility index (Phi) is 4.10. The molecule has 1 rings (SSSR count). The summed E-state index contributed by atoms with van der Waals surface area (Å²) < 4.78 is 0. The third kappa shape index (κ3) is 2.80. The summed E-state index contributed by atoms with van der Waals surface area (Å²) in [5.74, 6) is 0. The van der Waals surface area contributed by atoms with Crippen LogP contribution in [0.2, 0.25) is 5.02 Å². The summed E-state index contributed by atoms with van der Waals surface area (Å²) in [5.41, 5.74) is 2.54. The molecule has 0 amide bonds. The van der Waals surface area contributed by atoms with Crippen LogP contribution in [0.4, 0.5) is 0 Å². The number of hydrogen-bond acceptors (Lipinski definition) is 0. The minimum absolute atomic E-state index is 0.890. The average Bonchev–Trinajstić information content (AvgIpc) is 2.07. The van der Waals surface area contributed by atoms with Gasteiger partial charge in [-0.05, 0) is 31.4 Å². The van der Waals surface area contributed by atoms with Crippen molar-refractivity contribution in [2.24, 2.45) is 0 Å². The third-order valence-electron chi connectivity index (χ3n) is 1.78. The summed E-state index contributed by atoms with van der Waals surface area (Å²) in [6.45, 7) is 2.09. The molecule has 1 aromatic carbocycles. The van der Waals surface area contributed by atoms with Crippen molar-refractivity contribution >= 4 is 27.5 Å². The van der Waals surface area contributed by atoms with Crippen LogP contribution in [-0.2, 0) is 6.42 Å². The minimum Gasteiger partial charge on any atom is -0.0928 e. The number of rotatable bonds is 3. The Bertz CT molecular complexity index is 258. The van der Waals surface area contributed by atoms with Gasteiger partial charge in [0.1, 0.15) is 0 Å². The lowest BCUT2D eigenvalue weighted by Gasteiger charge is -2.03. The first-order valence-electron chi connectivity index (χ1n) is 4.05. The smallest absolute Gasteiger partial charge is 0.0438 e. The Morgan fingerprint density at radius 2 is 2.17 bits per heavy atom. The van der Waals surface area contributed by atoms with Crippen LogP contribution >= 0.6 is 27.5 Å². The molecular weight excluding hydrogens is 235 g/mol. The van der Waals surface area contributed by atoms with Crippen LogP contribution in [0.15, 0.2) is 18.2 Å². The summed E-state index contributed by atoms with van der Waals surface area (Å²) in [7, 11) is 0. The average molecular weight is 248 g/mol. The van der Waals surface area contributed by atoms with E-state index in [9.17, 15) is 0 Å². The molecule has 0 aliphatic heterocycles. The van der Waals surface area contributed by atoms with E-state index in [0.717, 1.165) is 23.2 Å². The maximum atomic E-state index is 6.02. The number of benzene rings is 1. The van der Waals surface area contributed by atoms with Gasteiger partial charge in [-0.15, -0.1) is 0 Å². The molecule has 0 bridgehead atoms. The first-order valence-corrected chi connectivity index (χ1v) is 5.55. The van der Waals surface area contributed by atoms with Crippen LogP contribution < -0.4 is 0 Å². The van der Waals surface area contributed by atoms with Gasteiger partial charge in [-0.25, -0.2) is 0 Å². The van der Waals surface area contributed by atoms with E-state index < -0.39 is 0 Å². The molecule has 0 nitrogen and oxygen atoms in total. The van der Waals surface area contributed by atoms with E-state index in [2.05, 4.69) is 28.9 Å². The van der Waals surface area contributed by atoms with E-state index in [0.29, 0.717) is 0 Å². The number of alkyl halides is 1. The topological polar surface area (TPSA) is 0 Å². The Labute approximate surface area is 87.1 Å². The lowest BCUT2D eigenvalue weighted by atomic mass is 10.1. The predicted octanol–water partition coefficient (Wildman–Crippen LogP) is 3.98. The van der Waals surface area contributed by atoms with E-state index in [1.165, 1.54) is 11.1 Å². The lowest BCUT2D eigenvalue weighted by Crippen LogP contribution is -1.88. The molecule has 2 heteroatoms. The zero-order valence-electron chi connectivity index (χ0n) is 7.11. The van der Waals surface area contributed by atoms with Gasteiger partial charge in [0.05, 0.1) is 0 Å². The molecule has 0 fully saturated rings. The summed E-state index contributed by atoms with van der Waals surface area (Å²) in [6, 6.07) is 6.17. The SMILES string of the molecule is Cc1ccc(Cl)c(CCCBr)c1. The van der Waals surface area contributed by atoms with E-state index >= 15 is 0 Å². The molecule has 0 N–H and O–H groups in total. The van der Waals surface area contributed by atoms with Gasteiger partial charge in [0.2, 0.25) is 0 Å². The highest BCUT2D eigenvalue weighted by Crippen LogP contribution is 2.18. The maximum absolute atomic E-state index is 6.02. The van der Waals surface area contributed by atoms with Gasteiger partial charge >= 0.3 is 0 Å². The predicted molar refractivity (Wildman–Crippen MR) is 58.3 cm³/mol. The zero-order valence-corrected chi connectivity index (χ0v) is 9.45. The summed E-state index contributed by atoms with van der Waals surface area (Å²) >= 11 is 9.42. The normalized spacial score (nSPS) is 10.2. The van der Waals surface area contributed by atoms with Gasteiger partial charge in [0.15, 0.2) is 0 Å². The van der Waals surface area contributed by atoms with Crippen molar-refractivity contribution in [3.05, 3.63) is 34.3 Å².